The van der Waals surface area contributed by atoms with Crippen LogP contribution in [0.5, 0.6) is 0 Å². The van der Waals surface area contributed by atoms with Crippen molar-refractivity contribution in [3.8, 4) is 0 Å². The van der Waals surface area contributed by atoms with E-state index in [1.165, 1.54) is 25.7 Å². The summed E-state index contributed by atoms with van der Waals surface area (Å²) in [6.07, 6.45) is 6.82. The van der Waals surface area contributed by atoms with Crippen LogP contribution in [-0.2, 0) is 4.74 Å². The van der Waals surface area contributed by atoms with Gasteiger partial charge in [0.2, 0.25) is 0 Å². The number of rotatable bonds is 9. The summed E-state index contributed by atoms with van der Waals surface area (Å²) in [4.78, 5) is 0. The maximum absolute atomic E-state index is 5.26. The predicted molar refractivity (Wildman–Crippen MR) is 58.1 cm³/mol. The fourth-order valence-corrected chi connectivity index (χ4v) is 1.33. The van der Waals surface area contributed by atoms with Gasteiger partial charge in [0.15, 0.2) is 0 Å². The molecule has 1 atom stereocenters. The van der Waals surface area contributed by atoms with Gasteiger partial charge in [-0.1, -0.05) is 33.1 Å². The fourth-order valence-electron chi connectivity index (χ4n) is 1.33. The van der Waals surface area contributed by atoms with Crippen molar-refractivity contribution in [3.63, 3.8) is 0 Å². The molecule has 80 valence electrons. The molecular weight excluding hydrogens is 162 g/mol. The second-order valence-corrected chi connectivity index (χ2v) is 3.53. The Kier molecular flexibility index (Phi) is 9.94. The van der Waals surface area contributed by atoms with E-state index in [2.05, 4.69) is 19.2 Å². The van der Waals surface area contributed by atoms with Crippen LogP contribution >= 0.6 is 0 Å². The van der Waals surface area contributed by atoms with Crippen LogP contribution in [0.4, 0.5) is 0 Å². The number of hydrogen-bond acceptors (Lipinski definition) is 2. The Morgan fingerprint density at radius 3 is 2.46 bits per heavy atom. The van der Waals surface area contributed by atoms with E-state index >= 15 is 0 Å². The van der Waals surface area contributed by atoms with E-state index in [1.807, 2.05) is 0 Å². The lowest BCUT2D eigenvalue weighted by Gasteiger charge is -2.13. The summed E-state index contributed by atoms with van der Waals surface area (Å²) in [6, 6.07) is 0. The Morgan fingerprint density at radius 1 is 1.15 bits per heavy atom. The highest BCUT2D eigenvalue weighted by atomic mass is 16.5. The lowest BCUT2D eigenvalue weighted by molar-refractivity contribution is 0.0987. The van der Waals surface area contributed by atoms with Crippen molar-refractivity contribution >= 4 is 0 Å². The third-order valence-corrected chi connectivity index (χ3v) is 2.37. The minimum absolute atomic E-state index is 0.395. The summed E-state index contributed by atoms with van der Waals surface area (Å²) in [5.41, 5.74) is 0. The average Bonchev–Trinajstić information content (AvgIpc) is 2.17. The topological polar surface area (TPSA) is 21.3 Å². The van der Waals surface area contributed by atoms with Crippen LogP contribution in [0.15, 0.2) is 0 Å². The molecule has 0 radical (unpaired) electrons. The van der Waals surface area contributed by atoms with E-state index in [9.17, 15) is 0 Å². The van der Waals surface area contributed by atoms with Gasteiger partial charge < -0.3 is 10.1 Å². The van der Waals surface area contributed by atoms with Gasteiger partial charge in [-0.15, -0.1) is 0 Å². The molecule has 0 amide bonds. The molecule has 0 aromatic rings. The maximum atomic E-state index is 5.26. The Hall–Kier alpha value is -0.0800. The maximum Gasteiger partial charge on any atom is 0.0693 e. The second kappa shape index (κ2) is 10.0. The van der Waals surface area contributed by atoms with Gasteiger partial charge in [0, 0.05) is 13.7 Å². The van der Waals surface area contributed by atoms with Crippen molar-refractivity contribution in [3.05, 3.63) is 0 Å². The molecule has 13 heavy (non-hydrogen) atoms. The van der Waals surface area contributed by atoms with Gasteiger partial charge in [0.25, 0.3) is 0 Å². The van der Waals surface area contributed by atoms with E-state index in [0.29, 0.717) is 6.10 Å². The quantitative estimate of drug-likeness (QED) is 0.560. The largest absolute Gasteiger partial charge is 0.380 e. The summed E-state index contributed by atoms with van der Waals surface area (Å²) >= 11 is 0. The van der Waals surface area contributed by atoms with Gasteiger partial charge in [-0.3, -0.25) is 0 Å². The summed E-state index contributed by atoms with van der Waals surface area (Å²) in [5.74, 6) is 0. The smallest absolute Gasteiger partial charge is 0.0693 e. The van der Waals surface area contributed by atoms with Gasteiger partial charge in [-0.05, 0) is 19.4 Å². The molecule has 0 rings (SSSR count). The van der Waals surface area contributed by atoms with Crippen molar-refractivity contribution in [1.82, 2.24) is 5.32 Å². The van der Waals surface area contributed by atoms with Crippen LogP contribution < -0.4 is 5.32 Å². The molecule has 0 fully saturated rings. The molecule has 0 aliphatic carbocycles. The molecule has 1 unspecified atom stereocenters. The molecule has 0 spiro atoms. The number of nitrogens with one attached hydrogen (secondary N) is 1. The van der Waals surface area contributed by atoms with Gasteiger partial charge in [0.05, 0.1) is 6.10 Å². The Bertz CT molecular complexity index is 92.1. The molecule has 2 nitrogen and oxygen atoms in total. The molecule has 0 aliphatic heterocycles. The molecule has 0 saturated carbocycles. The van der Waals surface area contributed by atoms with Crippen LogP contribution in [0.1, 0.15) is 46.0 Å². The fraction of sp³-hybridized carbons (Fsp3) is 1.00. The minimum atomic E-state index is 0.395. The number of ether oxygens (including phenoxy) is 1. The zero-order valence-corrected chi connectivity index (χ0v) is 9.44. The summed E-state index contributed by atoms with van der Waals surface area (Å²) < 4.78 is 5.26. The zero-order valence-electron chi connectivity index (χ0n) is 9.44. The van der Waals surface area contributed by atoms with Gasteiger partial charge in [-0.2, -0.15) is 0 Å². The molecule has 0 aromatic carbocycles. The molecule has 1 N–H and O–H groups in total. The zero-order chi connectivity index (χ0) is 9.94. The van der Waals surface area contributed by atoms with Crippen molar-refractivity contribution in [2.75, 3.05) is 20.2 Å². The number of unbranched alkanes of at least 4 members (excludes halogenated alkanes) is 3. The Balaban J connectivity index is 3.05. The highest BCUT2D eigenvalue weighted by Gasteiger charge is 2.01. The monoisotopic (exact) mass is 187 g/mol. The molecular formula is C11H25NO. The van der Waals surface area contributed by atoms with E-state index in [0.717, 1.165) is 19.5 Å². The lowest BCUT2D eigenvalue weighted by atomic mass is 10.2. The first-order valence-corrected chi connectivity index (χ1v) is 5.58. The molecule has 0 aliphatic rings. The second-order valence-electron chi connectivity index (χ2n) is 3.53. The standard InChI is InChI=1S/C11H25NO/c1-4-6-7-8-9-12-10-11(5-2)13-3/h11-12H,4-10H2,1-3H3. The van der Waals surface area contributed by atoms with Crippen LogP contribution in [-0.4, -0.2) is 26.3 Å². The lowest BCUT2D eigenvalue weighted by Crippen LogP contribution is -2.28. The normalized spacial score (nSPS) is 13.2. The van der Waals surface area contributed by atoms with Crippen LogP contribution in [0.3, 0.4) is 0 Å². The van der Waals surface area contributed by atoms with Gasteiger partial charge in [0.1, 0.15) is 0 Å². The third kappa shape index (κ3) is 8.26. The predicted octanol–water partition coefficient (Wildman–Crippen LogP) is 2.58. The van der Waals surface area contributed by atoms with Crippen LogP contribution in [0, 0.1) is 0 Å². The molecule has 0 bridgehead atoms. The van der Waals surface area contributed by atoms with Gasteiger partial charge in [-0.25, -0.2) is 0 Å². The van der Waals surface area contributed by atoms with Crippen molar-refractivity contribution < 1.29 is 4.74 Å². The Morgan fingerprint density at radius 2 is 1.92 bits per heavy atom. The average molecular weight is 187 g/mol. The first kappa shape index (κ1) is 12.9. The summed E-state index contributed by atoms with van der Waals surface area (Å²) in [7, 11) is 1.78. The van der Waals surface area contributed by atoms with E-state index in [1.54, 1.807) is 7.11 Å². The molecule has 2 heteroatoms. The minimum Gasteiger partial charge on any atom is -0.380 e. The van der Waals surface area contributed by atoms with Gasteiger partial charge >= 0.3 is 0 Å². The van der Waals surface area contributed by atoms with Crippen LogP contribution in [0.25, 0.3) is 0 Å². The van der Waals surface area contributed by atoms with Crippen molar-refractivity contribution in [2.24, 2.45) is 0 Å². The van der Waals surface area contributed by atoms with Crippen LogP contribution in [0.2, 0.25) is 0 Å². The van der Waals surface area contributed by atoms with E-state index in [-0.39, 0.29) is 0 Å². The summed E-state index contributed by atoms with van der Waals surface area (Å²) in [6.45, 7) is 6.54. The van der Waals surface area contributed by atoms with Crippen molar-refractivity contribution in [2.45, 2.75) is 52.1 Å². The SMILES string of the molecule is CCCCCCNCC(CC)OC. The Labute approximate surface area is 83.1 Å². The van der Waals surface area contributed by atoms with E-state index in [4.69, 9.17) is 4.74 Å². The highest BCUT2D eigenvalue weighted by Crippen LogP contribution is 1.98. The highest BCUT2D eigenvalue weighted by molar-refractivity contribution is 4.58. The van der Waals surface area contributed by atoms with E-state index < -0.39 is 0 Å². The molecule has 0 aromatic heterocycles. The third-order valence-electron chi connectivity index (χ3n) is 2.37. The van der Waals surface area contributed by atoms with Crippen molar-refractivity contribution in [1.29, 1.82) is 0 Å². The molecule has 0 saturated heterocycles. The first-order valence-electron chi connectivity index (χ1n) is 5.58. The number of hydrogen-bond donors (Lipinski definition) is 1. The molecule has 0 heterocycles. The number of methoxy groups -OCH3 is 1. The first-order chi connectivity index (χ1) is 6.35. The summed E-state index contributed by atoms with van der Waals surface area (Å²) in [5, 5.41) is 3.42.